The first-order chi connectivity index (χ1) is 13.1. The molecule has 0 radical (unpaired) electrons. The van der Waals surface area contributed by atoms with Crippen LogP contribution in [0.1, 0.15) is 6.92 Å². The Morgan fingerprint density at radius 1 is 1.19 bits per heavy atom. The van der Waals surface area contributed by atoms with Gasteiger partial charge in [-0.15, -0.1) is 0 Å². The quantitative estimate of drug-likeness (QED) is 0.782. The summed E-state index contributed by atoms with van der Waals surface area (Å²) in [7, 11) is 0. The molecule has 0 aliphatic carbocycles. The molecule has 0 bridgehead atoms. The topological polar surface area (TPSA) is 70.6 Å². The summed E-state index contributed by atoms with van der Waals surface area (Å²) in [5, 5.41) is 3.39. The lowest BCUT2D eigenvalue weighted by Crippen LogP contribution is -2.53. The fraction of sp³-hybridized carbons (Fsp3) is 0.421. The van der Waals surface area contributed by atoms with Crippen molar-refractivity contribution in [2.75, 3.05) is 44.6 Å². The zero-order valence-corrected chi connectivity index (χ0v) is 16.1. The Bertz CT molecular complexity index is 738. The predicted octanol–water partition coefficient (Wildman–Crippen LogP) is 2.15. The molecule has 8 heteroatoms. The number of hydrogen-bond donors (Lipinski definition) is 1. The lowest BCUT2D eigenvalue weighted by Gasteiger charge is -2.37. The third kappa shape index (κ3) is 5.63. The van der Waals surface area contributed by atoms with Gasteiger partial charge < -0.3 is 4.74 Å². The Morgan fingerprint density at radius 3 is 2.59 bits per heavy atom. The summed E-state index contributed by atoms with van der Waals surface area (Å²) < 4.78 is 5.75. The number of piperazine rings is 1. The second-order valence-electron chi connectivity index (χ2n) is 6.39. The van der Waals surface area contributed by atoms with Crippen molar-refractivity contribution in [2.45, 2.75) is 13.0 Å². The number of halogens is 1. The molecule has 1 aliphatic heterocycles. The predicted molar refractivity (Wildman–Crippen MR) is 105 cm³/mol. The first-order valence-electron chi connectivity index (χ1n) is 9.05. The number of benzene rings is 1. The summed E-state index contributed by atoms with van der Waals surface area (Å²) in [5.74, 6) is 0.965. The maximum Gasteiger partial charge on any atom is 0.243 e. The Hall–Kier alpha value is -2.22. The summed E-state index contributed by atoms with van der Waals surface area (Å²) in [6, 6.07) is 8.98. The molecule has 27 heavy (non-hydrogen) atoms. The van der Waals surface area contributed by atoms with Gasteiger partial charge in [-0.2, -0.15) is 0 Å². The number of ether oxygens (including phenoxy) is 1. The van der Waals surface area contributed by atoms with Crippen LogP contribution in [0.5, 0.6) is 5.75 Å². The van der Waals surface area contributed by atoms with E-state index in [1.807, 2.05) is 31.2 Å². The second-order valence-corrected chi connectivity index (χ2v) is 6.80. The number of carbonyl (C=O) groups excluding carboxylic acids is 1. The van der Waals surface area contributed by atoms with Crippen LogP contribution >= 0.6 is 11.6 Å². The van der Waals surface area contributed by atoms with Crippen molar-refractivity contribution in [3.05, 3.63) is 47.7 Å². The molecule has 7 nitrogen and oxygen atoms in total. The van der Waals surface area contributed by atoms with Crippen LogP contribution in [0.4, 0.5) is 5.95 Å². The van der Waals surface area contributed by atoms with Crippen molar-refractivity contribution in [1.82, 2.24) is 19.8 Å². The number of amides is 1. The second kappa shape index (κ2) is 9.64. The summed E-state index contributed by atoms with van der Waals surface area (Å²) in [5.41, 5.74) is 0. The zero-order chi connectivity index (χ0) is 19.1. The van der Waals surface area contributed by atoms with E-state index in [9.17, 15) is 4.79 Å². The third-order valence-corrected chi connectivity index (χ3v) is 4.95. The van der Waals surface area contributed by atoms with Gasteiger partial charge >= 0.3 is 0 Å². The average molecular weight is 390 g/mol. The van der Waals surface area contributed by atoms with Gasteiger partial charge in [0, 0.05) is 45.1 Å². The number of para-hydroxylation sites is 1. The lowest BCUT2D eigenvalue weighted by molar-refractivity contribution is -0.121. The maximum atomic E-state index is 12.4. The van der Waals surface area contributed by atoms with Crippen LogP contribution in [0.2, 0.25) is 5.02 Å². The van der Waals surface area contributed by atoms with E-state index in [-0.39, 0.29) is 11.9 Å². The van der Waals surface area contributed by atoms with E-state index in [1.165, 1.54) is 0 Å². The molecule has 2 heterocycles. The highest BCUT2D eigenvalue weighted by atomic mass is 35.5. The fourth-order valence-electron chi connectivity index (χ4n) is 2.96. The molecule has 1 aliphatic rings. The van der Waals surface area contributed by atoms with E-state index in [1.54, 1.807) is 18.5 Å². The molecule has 144 valence electrons. The Balaban J connectivity index is 1.39. The van der Waals surface area contributed by atoms with Gasteiger partial charge in [0.05, 0.1) is 11.1 Å². The van der Waals surface area contributed by atoms with E-state index in [4.69, 9.17) is 16.3 Å². The fourth-order valence-corrected chi connectivity index (χ4v) is 3.16. The number of rotatable bonds is 7. The van der Waals surface area contributed by atoms with Crippen LogP contribution in [0.3, 0.4) is 0 Å². The van der Waals surface area contributed by atoms with Crippen molar-refractivity contribution in [3.8, 4) is 5.75 Å². The average Bonchev–Trinajstić information content (AvgIpc) is 2.70. The van der Waals surface area contributed by atoms with E-state index in [0.717, 1.165) is 32.7 Å². The minimum Gasteiger partial charge on any atom is -0.491 e. The number of carbonyl (C=O) groups is 1. The van der Waals surface area contributed by atoms with Gasteiger partial charge in [-0.25, -0.2) is 9.97 Å². The van der Waals surface area contributed by atoms with E-state index in [0.29, 0.717) is 23.3 Å². The Labute approximate surface area is 164 Å². The molecule has 2 aromatic rings. The minimum atomic E-state index is -0.227. The van der Waals surface area contributed by atoms with Gasteiger partial charge in [0.2, 0.25) is 11.9 Å². The number of aromatic nitrogens is 2. The molecule has 1 aromatic carbocycles. The normalized spacial score (nSPS) is 16.7. The molecule has 0 saturated carbocycles. The maximum absolute atomic E-state index is 12.4. The molecule has 1 fully saturated rings. The molecule has 0 spiro atoms. The summed E-state index contributed by atoms with van der Waals surface area (Å²) >= 11 is 6.10. The first-order valence-corrected chi connectivity index (χ1v) is 9.43. The van der Waals surface area contributed by atoms with Gasteiger partial charge in [-0.1, -0.05) is 23.7 Å². The van der Waals surface area contributed by atoms with Crippen LogP contribution < -0.4 is 10.1 Å². The van der Waals surface area contributed by atoms with Crippen molar-refractivity contribution >= 4 is 23.5 Å². The number of nitrogens with one attached hydrogen (secondary N) is 1. The molecule has 3 rings (SSSR count). The Morgan fingerprint density at radius 2 is 1.89 bits per heavy atom. The number of nitrogens with zero attached hydrogens (tertiary/aromatic N) is 4. The molecular weight excluding hydrogens is 366 g/mol. The van der Waals surface area contributed by atoms with E-state index >= 15 is 0 Å². The van der Waals surface area contributed by atoms with Crippen LogP contribution in [0.25, 0.3) is 0 Å². The van der Waals surface area contributed by atoms with Crippen LogP contribution in [0.15, 0.2) is 42.7 Å². The smallest absolute Gasteiger partial charge is 0.243 e. The molecular formula is C19H24ClN5O2. The van der Waals surface area contributed by atoms with Crippen LogP contribution in [-0.4, -0.2) is 71.0 Å². The molecule has 1 amide bonds. The van der Waals surface area contributed by atoms with Crippen molar-refractivity contribution in [1.29, 1.82) is 0 Å². The summed E-state index contributed by atoms with van der Waals surface area (Å²) in [6.45, 7) is 6.78. The molecule has 1 unspecified atom stereocenters. The van der Waals surface area contributed by atoms with Crippen molar-refractivity contribution in [3.63, 3.8) is 0 Å². The largest absolute Gasteiger partial charge is 0.491 e. The zero-order valence-electron chi connectivity index (χ0n) is 15.3. The van der Waals surface area contributed by atoms with Gasteiger partial charge in [0.15, 0.2) is 0 Å². The Kier molecular flexibility index (Phi) is 6.98. The highest BCUT2D eigenvalue weighted by molar-refractivity contribution is 6.32. The monoisotopic (exact) mass is 389 g/mol. The number of anilines is 1. The van der Waals surface area contributed by atoms with E-state index < -0.39 is 0 Å². The summed E-state index contributed by atoms with van der Waals surface area (Å²) in [6.07, 6.45) is 3.22. The first kappa shape index (κ1) is 19.5. The van der Waals surface area contributed by atoms with Gasteiger partial charge in [-0.3, -0.25) is 19.9 Å². The summed E-state index contributed by atoms with van der Waals surface area (Å²) in [4.78, 5) is 24.9. The van der Waals surface area contributed by atoms with Crippen LogP contribution in [-0.2, 0) is 4.79 Å². The highest BCUT2D eigenvalue weighted by Crippen LogP contribution is 2.22. The minimum absolute atomic E-state index is 0.0864. The van der Waals surface area contributed by atoms with Gasteiger partial charge in [0.1, 0.15) is 12.4 Å². The standard InChI is InChI=1S/C19H24ClN5O2/c1-15(18(26)23-19-21-7-4-8-22-19)25-11-9-24(10-12-25)13-14-27-17-6-3-2-5-16(17)20/h2-8,15H,9-14H2,1H3,(H,21,22,23,26). The van der Waals surface area contributed by atoms with Gasteiger partial charge in [0.25, 0.3) is 0 Å². The molecule has 1 N–H and O–H groups in total. The van der Waals surface area contributed by atoms with Gasteiger partial charge in [-0.05, 0) is 25.1 Å². The molecule has 1 saturated heterocycles. The lowest BCUT2D eigenvalue weighted by atomic mass is 10.2. The van der Waals surface area contributed by atoms with Crippen molar-refractivity contribution in [2.24, 2.45) is 0 Å². The van der Waals surface area contributed by atoms with Crippen LogP contribution in [0, 0.1) is 0 Å². The number of hydrogen-bond acceptors (Lipinski definition) is 6. The molecule has 1 aromatic heterocycles. The highest BCUT2D eigenvalue weighted by Gasteiger charge is 2.25. The third-order valence-electron chi connectivity index (χ3n) is 4.64. The van der Waals surface area contributed by atoms with E-state index in [2.05, 4.69) is 25.1 Å². The van der Waals surface area contributed by atoms with Crippen molar-refractivity contribution < 1.29 is 9.53 Å². The molecule has 1 atom stereocenters. The SMILES string of the molecule is CC(C(=O)Nc1ncccn1)N1CCN(CCOc2ccccc2Cl)CC1.